The summed E-state index contributed by atoms with van der Waals surface area (Å²) < 4.78 is 5.63. The Balaban J connectivity index is 2.04. The normalized spacial score (nSPS) is 10.3. The monoisotopic (exact) mass is 332 g/mol. The Morgan fingerprint density at radius 3 is 2.65 bits per heavy atom. The third-order valence-corrected chi connectivity index (χ3v) is 3.66. The van der Waals surface area contributed by atoms with E-state index in [4.69, 9.17) is 16.3 Å². The molecule has 0 spiro atoms. The lowest BCUT2D eigenvalue weighted by Crippen LogP contribution is -2.22. The van der Waals surface area contributed by atoms with Crippen molar-refractivity contribution in [3.8, 4) is 5.75 Å². The van der Waals surface area contributed by atoms with E-state index >= 15 is 0 Å². The molecule has 2 aromatic carbocycles. The first kappa shape index (κ1) is 17.2. The molecule has 1 amide bonds. The molecular formula is C18H21ClN2O2. The van der Waals surface area contributed by atoms with E-state index in [1.165, 1.54) is 0 Å². The summed E-state index contributed by atoms with van der Waals surface area (Å²) >= 11 is 6.02. The number of hydrogen-bond acceptors (Lipinski definition) is 3. The number of anilines is 2. The highest BCUT2D eigenvalue weighted by molar-refractivity contribution is 6.31. The Morgan fingerprint density at radius 1 is 1.22 bits per heavy atom. The summed E-state index contributed by atoms with van der Waals surface area (Å²) in [5.41, 5.74) is 2.63. The van der Waals surface area contributed by atoms with Crippen LogP contribution in [0.5, 0.6) is 5.75 Å². The number of ether oxygens (including phenoxy) is 1. The van der Waals surface area contributed by atoms with Crippen molar-refractivity contribution in [2.24, 2.45) is 0 Å². The number of aryl methyl sites for hydroxylation is 1. The van der Waals surface area contributed by atoms with Crippen LogP contribution in [-0.2, 0) is 11.2 Å². The van der Waals surface area contributed by atoms with Gasteiger partial charge in [-0.3, -0.25) is 4.79 Å². The fourth-order valence-electron chi connectivity index (χ4n) is 2.26. The molecule has 0 aliphatic rings. The van der Waals surface area contributed by atoms with Gasteiger partial charge in [0.05, 0.1) is 11.4 Å². The molecule has 0 radical (unpaired) electrons. The van der Waals surface area contributed by atoms with E-state index in [1.807, 2.05) is 49.3 Å². The number of carbonyl (C=O) groups is 1. The quantitative estimate of drug-likeness (QED) is 0.869. The number of amides is 1. The fourth-order valence-corrected chi connectivity index (χ4v) is 2.44. The molecule has 1 N–H and O–H groups in total. The summed E-state index contributed by atoms with van der Waals surface area (Å²) in [6.45, 7) is 2.01. The van der Waals surface area contributed by atoms with Gasteiger partial charge in [0.1, 0.15) is 5.75 Å². The van der Waals surface area contributed by atoms with Crippen LogP contribution in [0.4, 0.5) is 11.4 Å². The van der Waals surface area contributed by atoms with Crippen LogP contribution in [0.1, 0.15) is 12.5 Å². The van der Waals surface area contributed by atoms with Crippen molar-refractivity contribution in [2.75, 3.05) is 30.9 Å². The topological polar surface area (TPSA) is 41.6 Å². The van der Waals surface area contributed by atoms with Gasteiger partial charge in [0.25, 0.3) is 5.91 Å². The molecular weight excluding hydrogens is 312 g/mol. The molecule has 4 nitrogen and oxygen atoms in total. The minimum atomic E-state index is -0.221. The molecule has 122 valence electrons. The SMILES string of the molecule is CCc1ccccc1OCC(=O)Nc1cc(Cl)ccc1N(C)C. The van der Waals surface area contributed by atoms with Gasteiger partial charge < -0.3 is 15.0 Å². The highest BCUT2D eigenvalue weighted by Gasteiger charge is 2.11. The number of nitrogens with zero attached hydrogens (tertiary/aromatic N) is 1. The van der Waals surface area contributed by atoms with Crippen LogP contribution in [-0.4, -0.2) is 26.6 Å². The zero-order valence-corrected chi connectivity index (χ0v) is 14.4. The fraction of sp³-hybridized carbons (Fsp3) is 0.278. The Bertz CT molecular complexity index is 686. The molecule has 2 aromatic rings. The predicted octanol–water partition coefficient (Wildman–Crippen LogP) is 3.99. The van der Waals surface area contributed by atoms with Crippen molar-refractivity contribution in [1.29, 1.82) is 0 Å². The summed E-state index contributed by atoms with van der Waals surface area (Å²) in [6.07, 6.45) is 0.858. The third-order valence-electron chi connectivity index (χ3n) is 3.43. The molecule has 0 aliphatic carbocycles. The molecule has 0 atom stereocenters. The number of para-hydroxylation sites is 1. The number of hydrogen-bond donors (Lipinski definition) is 1. The van der Waals surface area contributed by atoms with E-state index in [9.17, 15) is 4.79 Å². The third kappa shape index (κ3) is 4.63. The van der Waals surface area contributed by atoms with Crippen LogP contribution in [0.15, 0.2) is 42.5 Å². The smallest absolute Gasteiger partial charge is 0.262 e. The second kappa shape index (κ2) is 7.88. The largest absolute Gasteiger partial charge is 0.483 e. The van der Waals surface area contributed by atoms with Gasteiger partial charge in [0.2, 0.25) is 0 Å². The summed E-state index contributed by atoms with van der Waals surface area (Å²) in [7, 11) is 3.82. The highest BCUT2D eigenvalue weighted by Crippen LogP contribution is 2.27. The van der Waals surface area contributed by atoms with Crippen LogP contribution in [0.3, 0.4) is 0 Å². The predicted molar refractivity (Wildman–Crippen MR) is 95.7 cm³/mol. The van der Waals surface area contributed by atoms with Crippen molar-refractivity contribution < 1.29 is 9.53 Å². The zero-order chi connectivity index (χ0) is 16.8. The van der Waals surface area contributed by atoms with Gasteiger partial charge in [-0.05, 0) is 36.2 Å². The first-order valence-electron chi connectivity index (χ1n) is 7.48. The van der Waals surface area contributed by atoms with E-state index < -0.39 is 0 Å². The molecule has 0 saturated carbocycles. The van der Waals surface area contributed by atoms with Crippen molar-refractivity contribution >= 4 is 28.9 Å². The Morgan fingerprint density at radius 2 is 1.96 bits per heavy atom. The van der Waals surface area contributed by atoms with Gasteiger partial charge in [0.15, 0.2) is 6.61 Å². The zero-order valence-electron chi connectivity index (χ0n) is 13.6. The Kier molecular flexibility index (Phi) is 5.88. The van der Waals surface area contributed by atoms with Crippen LogP contribution in [0.2, 0.25) is 5.02 Å². The molecule has 0 bridgehead atoms. The van der Waals surface area contributed by atoms with Gasteiger partial charge in [0, 0.05) is 19.1 Å². The van der Waals surface area contributed by atoms with Crippen LogP contribution >= 0.6 is 11.6 Å². The second-order valence-electron chi connectivity index (χ2n) is 5.35. The maximum atomic E-state index is 12.2. The number of halogens is 1. The Labute approximate surface area is 142 Å². The Hall–Kier alpha value is -2.20. The van der Waals surface area contributed by atoms with Gasteiger partial charge in [-0.15, -0.1) is 0 Å². The average molecular weight is 333 g/mol. The van der Waals surface area contributed by atoms with E-state index in [2.05, 4.69) is 12.2 Å². The van der Waals surface area contributed by atoms with Crippen LogP contribution in [0, 0.1) is 0 Å². The lowest BCUT2D eigenvalue weighted by atomic mass is 10.1. The first-order chi connectivity index (χ1) is 11.0. The minimum absolute atomic E-state index is 0.0452. The lowest BCUT2D eigenvalue weighted by molar-refractivity contribution is -0.118. The maximum Gasteiger partial charge on any atom is 0.262 e. The molecule has 0 aliphatic heterocycles. The number of benzene rings is 2. The molecule has 2 rings (SSSR count). The molecule has 5 heteroatoms. The average Bonchev–Trinajstić information content (AvgIpc) is 2.53. The van der Waals surface area contributed by atoms with Gasteiger partial charge >= 0.3 is 0 Å². The summed E-state index contributed by atoms with van der Waals surface area (Å²) in [6, 6.07) is 13.1. The van der Waals surface area contributed by atoms with Crippen molar-refractivity contribution in [2.45, 2.75) is 13.3 Å². The van der Waals surface area contributed by atoms with Crippen molar-refractivity contribution in [1.82, 2.24) is 0 Å². The number of carbonyl (C=O) groups excluding carboxylic acids is 1. The highest BCUT2D eigenvalue weighted by atomic mass is 35.5. The minimum Gasteiger partial charge on any atom is -0.483 e. The van der Waals surface area contributed by atoms with Crippen LogP contribution < -0.4 is 15.0 Å². The molecule has 0 heterocycles. The second-order valence-corrected chi connectivity index (χ2v) is 5.79. The molecule has 0 fully saturated rings. The number of nitrogens with one attached hydrogen (secondary N) is 1. The summed E-state index contributed by atoms with van der Waals surface area (Å²) in [5, 5.41) is 3.42. The van der Waals surface area contributed by atoms with E-state index in [0.29, 0.717) is 10.7 Å². The van der Waals surface area contributed by atoms with Gasteiger partial charge in [-0.2, -0.15) is 0 Å². The molecule has 0 unspecified atom stereocenters. The maximum absolute atomic E-state index is 12.2. The standard InChI is InChI=1S/C18H21ClN2O2/c1-4-13-7-5-6-8-17(13)23-12-18(22)20-15-11-14(19)9-10-16(15)21(2)3/h5-11H,4,12H2,1-3H3,(H,20,22). The van der Waals surface area contributed by atoms with E-state index in [-0.39, 0.29) is 12.5 Å². The van der Waals surface area contributed by atoms with Gasteiger partial charge in [-0.1, -0.05) is 36.7 Å². The lowest BCUT2D eigenvalue weighted by Gasteiger charge is -2.18. The van der Waals surface area contributed by atoms with Crippen LogP contribution in [0.25, 0.3) is 0 Å². The number of rotatable bonds is 6. The van der Waals surface area contributed by atoms with Crippen molar-refractivity contribution in [3.05, 3.63) is 53.1 Å². The van der Waals surface area contributed by atoms with Gasteiger partial charge in [-0.25, -0.2) is 0 Å². The van der Waals surface area contributed by atoms with E-state index in [1.54, 1.807) is 12.1 Å². The van der Waals surface area contributed by atoms with E-state index in [0.717, 1.165) is 23.4 Å². The first-order valence-corrected chi connectivity index (χ1v) is 7.86. The molecule has 0 saturated heterocycles. The van der Waals surface area contributed by atoms with Crippen molar-refractivity contribution in [3.63, 3.8) is 0 Å². The summed E-state index contributed by atoms with van der Waals surface area (Å²) in [4.78, 5) is 14.1. The molecule has 23 heavy (non-hydrogen) atoms. The molecule has 0 aromatic heterocycles. The summed E-state index contributed by atoms with van der Waals surface area (Å²) in [5.74, 6) is 0.519.